The summed E-state index contributed by atoms with van der Waals surface area (Å²) in [6, 6.07) is 33.2. The monoisotopic (exact) mass is 488 g/mol. The molecule has 5 aromatic rings. The van der Waals surface area contributed by atoms with Crippen molar-refractivity contribution < 1.29 is 0 Å². The molecule has 2 aromatic heterocycles. The highest BCUT2D eigenvalue weighted by atomic mass is 32.3. The van der Waals surface area contributed by atoms with Gasteiger partial charge in [0, 0.05) is 23.3 Å². The third kappa shape index (κ3) is 4.33. The van der Waals surface area contributed by atoms with Crippen molar-refractivity contribution in [1.29, 1.82) is 0 Å². The molecule has 1 aliphatic rings. The molecule has 0 aliphatic heterocycles. The lowest BCUT2D eigenvalue weighted by atomic mass is 9.90. The first kappa shape index (κ1) is 23.0. The lowest BCUT2D eigenvalue weighted by molar-refractivity contribution is 0.724. The van der Waals surface area contributed by atoms with Crippen molar-refractivity contribution in [3.8, 4) is 22.4 Å². The Morgan fingerprint density at radius 2 is 1.44 bits per heavy atom. The normalized spacial score (nSPS) is 14.8. The number of fused-ring (bicyclic) bond motifs is 1. The van der Waals surface area contributed by atoms with Crippen LogP contribution in [0.3, 0.4) is 0 Å². The maximum Gasteiger partial charge on any atom is 0.0825 e. The number of benzene rings is 3. The van der Waals surface area contributed by atoms with Gasteiger partial charge in [0.05, 0.1) is 10.7 Å². The quantitative estimate of drug-likeness (QED) is 0.246. The fourth-order valence-corrected chi connectivity index (χ4v) is 7.37. The van der Waals surface area contributed by atoms with Crippen LogP contribution in [0.1, 0.15) is 37.2 Å². The summed E-state index contributed by atoms with van der Waals surface area (Å²) in [6.07, 6.45) is 13.8. The van der Waals surface area contributed by atoms with Gasteiger partial charge in [-0.2, -0.15) is 10.0 Å². The molecule has 180 valence electrons. The van der Waals surface area contributed by atoms with E-state index in [4.69, 9.17) is 4.98 Å². The minimum atomic E-state index is -1.20. The summed E-state index contributed by atoms with van der Waals surface area (Å²) >= 11 is 0. The second-order valence-electron chi connectivity index (χ2n) is 10.2. The van der Waals surface area contributed by atoms with Crippen LogP contribution >= 0.6 is 10.0 Å². The van der Waals surface area contributed by atoms with E-state index in [0.29, 0.717) is 5.92 Å². The smallest absolute Gasteiger partial charge is 0.0825 e. The van der Waals surface area contributed by atoms with Gasteiger partial charge < -0.3 is 0 Å². The molecule has 2 heterocycles. The molecular formula is C33H32N2S. The molecule has 1 saturated carbocycles. The summed E-state index contributed by atoms with van der Waals surface area (Å²) in [5.74, 6) is 0.650. The van der Waals surface area contributed by atoms with E-state index in [1.54, 1.807) is 0 Å². The van der Waals surface area contributed by atoms with Crippen LogP contribution in [0.25, 0.3) is 33.2 Å². The van der Waals surface area contributed by atoms with Crippen LogP contribution in [0.5, 0.6) is 0 Å². The Morgan fingerprint density at radius 3 is 2.22 bits per heavy atom. The van der Waals surface area contributed by atoms with Crippen LogP contribution in [0.2, 0.25) is 0 Å². The van der Waals surface area contributed by atoms with Crippen molar-refractivity contribution >= 4 is 20.8 Å². The van der Waals surface area contributed by atoms with E-state index in [2.05, 4.69) is 102 Å². The summed E-state index contributed by atoms with van der Waals surface area (Å²) in [4.78, 5) is 10.9. The second kappa shape index (κ2) is 9.55. The number of aromatic nitrogens is 2. The Balaban J connectivity index is 1.48. The minimum absolute atomic E-state index is 0.650. The van der Waals surface area contributed by atoms with Crippen LogP contribution in [0.4, 0.5) is 0 Å². The van der Waals surface area contributed by atoms with Gasteiger partial charge in [-0.1, -0.05) is 61.4 Å². The molecule has 6 rings (SSSR count). The summed E-state index contributed by atoms with van der Waals surface area (Å²) in [5.41, 5.74) is 6.29. The number of pyridine rings is 2. The van der Waals surface area contributed by atoms with Crippen LogP contribution in [-0.4, -0.2) is 22.5 Å². The van der Waals surface area contributed by atoms with Gasteiger partial charge in [-0.15, -0.1) is 0 Å². The van der Waals surface area contributed by atoms with Crippen molar-refractivity contribution in [3.05, 3.63) is 109 Å². The summed E-state index contributed by atoms with van der Waals surface area (Å²) in [7, 11) is -1.20. The molecule has 0 N–H and O–H groups in total. The fourth-order valence-electron chi connectivity index (χ4n) is 5.55. The SMILES string of the molecule is CS(C)(c1ccc2c(-c3cc(-c4ccccc4)cc(C4CCCC4)c3)nccc2c1)c1ccccn1. The number of hydrogen-bond donors (Lipinski definition) is 0. The van der Waals surface area contributed by atoms with Gasteiger partial charge >= 0.3 is 0 Å². The third-order valence-corrected chi connectivity index (χ3v) is 10.4. The fraction of sp³-hybridized carbons (Fsp3) is 0.212. The number of nitrogens with zero attached hydrogens (tertiary/aromatic N) is 2. The molecule has 2 nitrogen and oxygen atoms in total. The highest BCUT2D eigenvalue weighted by Crippen LogP contribution is 2.56. The van der Waals surface area contributed by atoms with Gasteiger partial charge in [0.2, 0.25) is 0 Å². The van der Waals surface area contributed by atoms with Crippen LogP contribution in [0, 0.1) is 0 Å². The largest absolute Gasteiger partial charge is 0.256 e. The zero-order valence-electron chi connectivity index (χ0n) is 21.0. The predicted octanol–water partition coefficient (Wildman–Crippen LogP) is 9.10. The Morgan fingerprint density at radius 1 is 0.667 bits per heavy atom. The van der Waals surface area contributed by atoms with E-state index in [0.717, 1.165) is 10.7 Å². The molecule has 0 bridgehead atoms. The van der Waals surface area contributed by atoms with E-state index < -0.39 is 10.0 Å². The van der Waals surface area contributed by atoms with Crippen molar-refractivity contribution in [2.24, 2.45) is 0 Å². The van der Waals surface area contributed by atoms with Crippen LogP contribution in [-0.2, 0) is 0 Å². The highest BCUT2D eigenvalue weighted by molar-refractivity contribution is 8.32. The predicted molar refractivity (Wildman–Crippen MR) is 154 cm³/mol. The lowest BCUT2D eigenvalue weighted by Crippen LogP contribution is -2.00. The average Bonchev–Trinajstić information content (AvgIpc) is 3.48. The molecule has 0 unspecified atom stereocenters. The first-order chi connectivity index (χ1) is 17.6. The zero-order valence-corrected chi connectivity index (χ0v) is 21.8. The van der Waals surface area contributed by atoms with Gasteiger partial charge in [-0.05, 0) is 101 Å². The van der Waals surface area contributed by atoms with E-state index >= 15 is 0 Å². The zero-order chi connectivity index (χ0) is 24.5. The summed E-state index contributed by atoms with van der Waals surface area (Å²) in [5, 5.41) is 3.61. The van der Waals surface area contributed by atoms with E-state index in [9.17, 15) is 0 Å². The van der Waals surface area contributed by atoms with Crippen LogP contribution < -0.4 is 0 Å². The molecule has 0 radical (unpaired) electrons. The van der Waals surface area contributed by atoms with Gasteiger partial charge in [0.25, 0.3) is 0 Å². The molecule has 0 amide bonds. The lowest BCUT2D eigenvalue weighted by Gasteiger charge is -2.31. The van der Waals surface area contributed by atoms with Crippen molar-refractivity contribution in [2.45, 2.75) is 41.5 Å². The van der Waals surface area contributed by atoms with E-state index in [1.807, 2.05) is 18.5 Å². The van der Waals surface area contributed by atoms with Crippen molar-refractivity contribution in [2.75, 3.05) is 12.5 Å². The van der Waals surface area contributed by atoms with Crippen molar-refractivity contribution in [3.63, 3.8) is 0 Å². The Labute approximate surface area is 215 Å². The van der Waals surface area contributed by atoms with Gasteiger partial charge in [-0.25, -0.2) is 0 Å². The third-order valence-electron chi connectivity index (χ3n) is 7.65. The first-order valence-electron chi connectivity index (χ1n) is 12.8. The minimum Gasteiger partial charge on any atom is -0.256 e. The Kier molecular flexibility index (Phi) is 6.10. The Bertz CT molecular complexity index is 1500. The first-order valence-corrected chi connectivity index (χ1v) is 15.3. The maximum atomic E-state index is 4.92. The molecule has 3 heteroatoms. The molecule has 1 aliphatic carbocycles. The topological polar surface area (TPSA) is 25.8 Å². The molecule has 0 spiro atoms. The van der Waals surface area contributed by atoms with Crippen LogP contribution in [0.15, 0.2) is 113 Å². The second-order valence-corrected chi connectivity index (χ2v) is 13.8. The maximum absolute atomic E-state index is 4.92. The van der Waals surface area contributed by atoms with Crippen molar-refractivity contribution in [1.82, 2.24) is 9.97 Å². The highest BCUT2D eigenvalue weighted by Gasteiger charge is 2.21. The van der Waals surface area contributed by atoms with E-state index in [1.165, 1.54) is 63.6 Å². The molecule has 0 atom stereocenters. The Hall–Kier alpha value is -3.43. The summed E-state index contributed by atoms with van der Waals surface area (Å²) in [6.45, 7) is 0. The molecular weight excluding hydrogens is 456 g/mol. The molecule has 3 aromatic carbocycles. The van der Waals surface area contributed by atoms with Gasteiger partial charge in [-0.3, -0.25) is 9.97 Å². The molecule has 1 fully saturated rings. The van der Waals surface area contributed by atoms with Gasteiger partial charge in [0.1, 0.15) is 0 Å². The molecule has 0 saturated heterocycles. The standard InChI is InChI=1S/C33H32N2S/c1-36(2,32-14-8-9-18-34-32)30-15-16-31-26(23-30)17-19-35-33(31)29-21-27(24-10-4-3-5-11-24)20-28(22-29)25-12-6-7-13-25/h3-5,8-11,14-23,25H,6-7,12-13H2,1-2H3. The number of rotatable bonds is 5. The number of hydrogen-bond acceptors (Lipinski definition) is 2. The van der Waals surface area contributed by atoms with Gasteiger partial charge in [0.15, 0.2) is 0 Å². The average molecular weight is 489 g/mol. The molecule has 36 heavy (non-hydrogen) atoms. The van der Waals surface area contributed by atoms with E-state index in [-0.39, 0.29) is 0 Å². The summed E-state index contributed by atoms with van der Waals surface area (Å²) < 4.78 is 0.